The van der Waals surface area contributed by atoms with Gasteiger partial charge in [-0.15, -0.1) is 0 Å². The summed E-state index contributed by atoms with van der Waals surface area (Å²) >= 11 is 0. The standard InChI is InChI=1S/C20H30N4O3/c25-18(26)15-24-17(7-10-21-24)16-6-5-11-22(14-16)19(27)20(8-1-2-9-20)23-12-3-4-13-23/h7,10,16H,1-6,8-9,11-15H2,(H,25,26)/t16-/m1/s1. The molecule has 7 nitrogen and oxygen atoms in total. The smallest absolute Gasteiger partial charge is 0.325 e. The van der Waals surface area contributed by atoms with Crippen molar-refractivity contribution in [3.63, 3.8) is 0 Å². The Labute approximate surface area is 160 Å². The lowest BCUT2D eigenvalue weighted by molar-refractivity contribution is -0.145. The zero-order valence-corrected chi connectivity index (χ0v) is 16.0. The largest absolute Gasteiger partial charge is 0.480 e. The molecule has 1 aromatic heterocycles. The van der Waals surface area contributed by atoms with E-state index < -0.39 is 5.97 Å². The molecule has 0 unspecified atom stereocenters. The maximum absolute atomic E-state index is 13.7. The SMILES string of the molecule is O=C(O)Cn1nccc1[C@@H]1CCCN(C(=O)C2(N3CCCC3)CCCC2)C1. The molecule has 1 N–H and O–H groups in total. The van der Waals surface area contributed by atoms with E-state index in [1.807, 2.05) is 6.07 Å². The first-order valence-electron chi connectivity index (χ1n) is 10.4. The van der Waals surface area contributed by atoms with Gasteiger partial charge in [-0.3, -0.25) is 19.2 Å². The molecule has 3 aliphatic rings. The average Bonchev–Trinajstić information content (AvgIpc) is 3.41. The summed E-state index contributed by atoms with van der Waals surface area (Å²) in [5.41, 5.74) is 0.663. The second-order valence-electron chi connectivity index (χ2n) is 8.33. The first-order valence-corrected chi connectivity index (χ1v) is 10.4. The van der Waals surface area contributed by atoms with Gasteiger partial charge in [0.2, 0.25) is 5.91 Å². The van der Waals surface area contributed by atoms with Crippen molar-refractivity contribution in [3.8, 4) is 0 Å². The minimum absolute atomic E-state index is 0.121. The fourth-order valence-corrected chi connectivity index (χ4v) is 5.42. The van der Waals surface area contributed by atoms with E-state index in [0.717, 1.165) is 63.9 Å². The third kappa shape index (κ3) is 3.49. The van der Waals surface area contributed by atoms with E-state index in [0.29, 0.717) is 12.5 Å². The number of hydrogen-bond acceptors (Lipinski definition) is 4. The highest BCUT2D eigenvalue weighted by Crippen LogP contribution is 2.40. The molecule has 2 saturated heterocycles. The molecule has 7 heteroatoms. The third-order valence-electron chi connectivity index (χ3n) is 6.70. The fourth-order valence-electron chi connectivity index (χ4n) is 5.42. The second-order valence-corrected chi connectivity index (χ2v) is 8.33. The molecule has 27 heavy (non-hydrogen) atoms. The van der Waals surface area contributed by atoms with Crippen LogP contribution in [0.25, 0.3) is 0 Å². The lowest BCUT2D eigenvalue weighted by atomic mass is 9.89. The van der Waals surface area contributed by atoms with E-state index in [4.69, 9.17) is 5.11 Å². The van der Waals surface area contributed by atoms with Crippen LogP contribution in [-0.4, -0.2) is 68.3 Å². The van der Waals surface area contributed by atoms with Crippen molar-refractivity contribution in [1.82, 2.24) is 19.6 Å². The van der Waals surface area contributed by atoms with Crippen molar-refractivity contribution in [2.75, 3.05) is 26.2 Å². The number of hydrogen-bond donors (Lipinski definition) is 1. The lowest BCUT2D eigenvalue weighted by Gasteiger charge is -2.43. The molecule has 0 bridgehead atoms. The Hall–Kier alpha value is -1.89. The van der Waals surface area contributed by atoms with Crippen molar-refractivity contribution in [1.29, 1.82) is 0 Å². The third-order valence-corrected chi connectivity index (χ3v) is 6.70. The van der Waals surface area contributed by atoms with Crippen LogP contribution in [0, 0.1) is 0 Å². The summed E-state index contributed by atoms with van der Waals surface area (Å²) in [4.78, 5) is 29.3. The number of carbonyl (C=O) groups is 2. The zero-order chi connectivity index (χ0) is 18.9. The number of likely N-dealkylation sites (tertiary alicyclic amines) is 2. The molecule has 1 atom stereocenters. The summed E-state index contributed by atoms with van der Waals surface area (Å²) in [7, 11) is 0. The summed E-state index contributed by atoms with van der Waals surface area (Å²) in [6.07, 6.45) is 10.3. The summed E-state index contributed by atoms with van der Waals surface area (Å²) in [5.74, 6) is -0.403. The Morgan fingerprint density at radius 2 is 1.85 bits per heavy atom. The van der Waals surface area contributed by atoms with Crippen molar-refractivity contribution in [3.05, 3.63) is 18.0 Å². The van der Waals surface area contributed by atoms with Crippen molar-refractivity contribution in [2.24, 2.45) is 0 Å². The Kier molecular flexibility index (Phi) is 5.21. The van der Waals surface area contributed by atoms with Gasteiger partial charge in [0.1, 0.15) is 12.1 Å². The summed E-state index contributed by atoms with van der Waals surface area (Å²) in [6, 6.07) is 1.91. The predicted octanol–water partition coefficient (Wildman–Crippen LogP) is 2.08. The summed E-state index contributed by atoms with van der Waals surface area (Å²) < 4.78 is 1.58. The number of piperidine rings is 1. The topological polar surface area (TPSA) is 78.7 Å². The maximum Gasteiger partial charge on any atom is 0.325 e. The van der Waals surface area contributed by atoms with Gasteiger partial charge in [-0.25, -0.2) is 0 Å². The van der Waals surface area contributed by atoms with E-state index in [1.54, 1.807) is 10.9 Å². The van der Waals surface area contributed by atoms with Gasteiger partial charge in [-0.05, 0) is 57.7 Å². The van der Waals surface area contributed by atoms with Crippen LogP contribution < -0.4 is 0 Å². The van der Waals surface area contributed by atoms with Gasteiger partial charge in [-0.2, -0.15) is 5.10 Å². The summed E-state index contributed by atoms with van der Waals surface area (Å²) in [6.45, 7) is 3.48. The molecule has 1 saturated carbocycles. The van der Waals surface area contributed by atoms with Gasteiger partial charge in [0, 0.05) is 30.9 Å². The minimum atomic E-state index is -0.886. The number of carboxylic acids is 1. The lowest BCUT2D eigenvalue weighted by Crippen LogP contribution is -2.58. The molecule has 3 fully saturated rings. The van der Waals surface area contributed by atoms with Crippen LogP contribution in [0.15, 0.2) is 12.3 Å². The van der Waals surface area contributed by atoms with Gasteiger partial charge < -0.3 is 10.0 Å². The number of rotatable bonds is 5. The van der Waals surface area contributed by atoms with E-state index in [2.05, 4.69) is 14.9 Å². The Morgan fingerprint density at radius 1 is 1.11 bits per heavy atom. The fraction of sp³-hybridized carbons (Fsp3) is 0.750. The monoisotopic (exact) mass is 374 g/mol. The van der Waals surface area contributed by atoms with Crippen molar-refractivity contribution >= 4 is 11.9 Å². The van der Waals surface area contributed by atoms with E-state index in [1.165, 1.54) is 12.8 Å². The molecule has 1 amide bonds. The molecular formula is C20H30N4O3. The zero-order valence-electron chi connectivity index (χ0n) is 16.0. The number of aromatic nitrogens is 2. The highest BCUT2D eigenvalue weighted by molar-refractivity contribution is 5.87. The normalized spacial score (nSPS) is 25.8. The second kappa shape index (κ2) is 7.62. The number of nitrogens with zero attached hydrogens (tertiary/aromatic N) is 4. The van der Waals surface area contributed by atoms with E-state index in [9.17, 15) is 9.59 Å². The number of aliphatic carboxylic acids is 1. The molecular weight excluding hydrogens is 344 g/mol. The summed E-state index contributed by atoms with van der Waals surface area (Å²) in [5, 5.41) is 13.3. The predicted molar refractivity (Wildman–Crippen MR) is 100 cm³/mol. The van der Waals surface area contributed by atoms with Crippen molar-refractivity contribution in [2.45, 2.75) is 69.4 Å². The highest BCUT2D eigenvalue weighted by atomic mass is 16.4. The van der Waals surface area contributed by atoms with Gasteiger partial charge in [0.25, 0.3) is 0 Å². The van der Waals surface area contributed by atoms with E-state index >= 15 is 0 Å². The molecule has 3 heterocycles. The van der Waals surface area contributed by atoms with Crippen LogP contribution in [0.5, 0.6) is 0 Å². The first kappa shape index (κ1) is 18.5. The van der Waals surface area contributed by atoms with Crippen molar-refractivity contribution < 1.29 is 14.7 Å². The minimum Gasteiger partial charge on any atom is -0.480 e. The quantitative estimate of drug-likeness (QED) is 0.854. The molecule has 1 aromatic rings. The Balaban J connectivity index is 1.51. The van der Waals surface area contributed by atoms with Crippen LogP contribution in [0.2, 0.25) is 0 Å². The maximum atomic E-state index is 13.7. The Morgan fingerprint density at radius 3 is 2.56 bits per heavy atom. The van der Waals surface area contributed by atoms with Gasteiger partial charge in [0.15, 0.2) is 0 Å². The van der Waals surface area contributed by atoms with E-state index in [-0.39, 0.29) is 18.0 Å². The van der Waals surface area contributed by atoms with Gasteiger partial charge in [-0.1, -0.05) is 12.8 Å². The van der Waals surface area contributed by atoms with Crippen LogP contribution in [0.4, 0.5) is 0 Å². The average molecular weight is 374 g/mol. The first-order chi connectivity index (χ1) is 13.1. The van der Waals surface area contributed by atoms with Crippen LogP contribution in [0.1, 0.15) is 63.0 Å². The number of carbonyl (C=O) groups excluding carboxylic acids is 1. The van der Waals surface area contributed by atoms with Gasteiger partial charge >= 0.3 is 5.97 Å². The Bertz CT molecular complexity index is 689. The van der Waals surface area contributed by atoms with Crippen LogP contribution >= 0.6 is 0 Å². The molecule has 4 rings (SSSR count). The van der Waals surface area contributed by atoms with Crippen LogP contribution in [-0.2, 0) is 16.1 Å². The molecule has 1 aliphatic carbocycles. The molecule has 0 aromatic carbocycles. The van der Waals surface area contributed by atoms with Crippen LogP contribution in [0.3, 0.4) is 0 Å². The number of amides is 1. The highest BCUT2D eigenvalue weighted by Gasteiger charge is 2.49. The molecule has 0 radical (unpaired) electrons. The molecule has 2 aliphatic heterocycles. The molecule has 0 spiro atoms. The molecule has 148 valence electrons. The number of carboxylic acid groups (broad SMARTS) is 1. The van der Waals surface area contributed by atoms with Gasteiger partial charge in [0.05, 0.1) is 0 Å².